The summed E-state index contributed by atoms with van der Waals surface area (Å²) in [6.45, 7) is 6.89. The second-order valence-corrected chi connectivity index (χ2v) is 12.5. The number of hydrogen-bond acceptors (Lipinski definition) is 2. The fourth-order valence-electron chi connectivity index (χ4n) is 7.02. The quantitative estimate of drug-likeness (QED) is 0.154. The van der Waals surface area contributed by atoms with Gasteiger partial charge in [-0.25, -0.2) is 0 Å². The average molecular weight is 545 g/mol. The molecular weight excluding hydrogens is 496 g/mol. The molecule has 4 aromatic rings. The van der Waals surface area contributed by atoms with Gasteiger partial charge in [-0.1, -0.05) is 119 Å². The molecule has 2 heteroatoms. The second kappa shape index (κ2) is 13.0. The first-order valence-electron chi connectivity index (χ1n) is 15.8. The largest absolute Gasteiger partial charge is 0.399 e. The molecule has 0 spiro atoms. The molecule has 1 aliphatic carbocycles. The van der Waals surface area contributed by atoms with Crippen molar-refractivity contribution < 1.29 is 0 Å². The van der Waals surface area contributed by atoms with E-state index in [0.29, 0.717) is 11.8 Å². The maximum absolute atomic E-state index is 5.94. The summed E-state index contributed by atoms with van der Waals surface area (Å²) in [6, 6.07) is 35.8. The van der Waals surface area contributed by atoms with Gasteiger partial charge in [0.2, 0.25) is 0 Å². The molecule has 4 aromatic carbocycles. The van der Waals surface area contributed by atoms with Crippen molar-refractivity contribution in [3.63, 3.8) is 0 Å². The summed E-state index contributed by atoms with van der Waals surface area (Å²) < 4.78 is 0. The predicted octanol–water partition coefficient (Wildman–Crippen LogP) is 10.2. The summed E-state index contributed by atoms with van der Waals surface area (Å²) in [6.07, 6.45) is 10.5. The van der Waals surface area contributed by atoms with Crippen LogP contribution in [0.4, 0.5) is 11.4 Å². The molecule has 0 bridgehead atoms. The van der Waals surface area contributed by atoms with Crippen molar-refractivity contribution in [3.8, 4) is 0 Å². The van der Waals surface area contributed by atoms with E-state index < -0.39 is 0 Å². The summed E-state index contributed by atoms with van der Waals surface area (Å²) >= 11 is 0. The zero-order valence-corrected chi connectivity index (χ0v) is 25.3. The SMILES string of the molecule is CCCCCC1CCC(c2ccc(C(C)c3ccc(N)cc3)cc2)(c2ccc(C(C)c3ccc(N)cc3)cc2)CC1. The van der Waals surface area contributed by atoms with E-state index in [1.54, 1.807) is 0 Å². The van der Waals surface area contributed by atoms with E-state index in [1.807, 2.05) is 24.3 Å². The fraction of sp³-hybridized carbons (Fsp3) is 0.385. The van der Waals surface area contributed by atoms with Crippen molar-refractivity contribution in [2.75, 3.05) is 11.5 Å². The Labute approximate surface area is 248 Å². The smallest absolute Gasteiger partial charge is 0.0314 e. The first kappa shape index (κ1) is 29.0. The van der Waals surface area contributed by atoms with Crippen LogP contribution in [0.2, 0.25) is 0 Å². The maximum atomic E-state index is 5.94. The Morgan fingerprint density at radius 1 is 0.585 bits per heavy atom. The van der Waals surface area contributed by atoms with E-state index in [-0.39, 0.29) is 5.41 Å². The third-order valence-electron chi connectivity index (χ3n) is 9.97. The third-order valence-corrected chi connectivity index (χ3v) is 9.97. The van der Waals surface area contributed by atoms with Crippen LogP contribution in [0.3, 0.4) is 0 Å². The first-order chi connectivity index (χ1) is 19.9. The van der Waals surface area contributed by atoms with Crippen LogP contribution in [0.1, 0.15) is 117 Å². The number of hydrogen-bond donors (Lipinski definition) is 2. The zero-order valence-electron chi connectivity index (χ0n) is 25.3. The van der Waals surface area contributed by atoms with Crippen molar-refractivity contribution in [1.29, 1.82) is 0 Å². The van der Waals surface area contributed by atoms with E-state index in [1.165, 1.54) is 84.7 Å². The lowest BCUT2D eigenvalue weighted by Crippen LogP contribution is -2.33. The van der Waals surface area contributed by atoms with Gasteiger partial charge in [-0.15, -0.1) is 0 Å². The molecule has 2 nitrogen and oxygen atoms in total. The summed E-state index contributed by atoms with van der Waals surface area (Å²) in [5, 5.41) is 0. The van der Waals surface area contributed by atoms with Crippen molar-refractivity contribution in [2.24, 2.45) is 5.92 Å². The van der Waals surface area contributed by atoms with Crippen molar-refractivity contribution >= 4 is 11.4 Å². The number of anilines is 2. The van der Waals surface area contributed by atoms with Gasteiger partial charge < -0.3 is 11.5 Å². The van der Waals surface area contributed by atoms with Crippen LogP contribution in [0.25, 0.3) is 0 Å². The monoisotopic (exact) mass is 544 g/mol. The molecule has 41 heavy (non-hydrogen) atoms. The lowest BCUT2D eigenvalue weighted by atomic mass is 9.62. The number of nitrogen functional groups attached to an aromatic ring is 2. The topological polar surface area (TPSA) is 52.0 Å². The molecule has 0 saturated heterocycles. The molecule has 0 amide bonds. The molecule has 4 N–H and O–H groups in total. The van der Waals surface area contributed by atoms with Gasteiger partial charge in [0, 0.05) is 28.6 Å². The molecule has 0 aliphatic heterocycles. The molecule has 1 saturated carbocycles. The van der Waals surface area contributed by atoms with E-state index in [0.717, 1.165) is 17.3 Å². The Kier molecular flexibility index (Phi) is 9.18. The van der Waals surface area contributed by atoms with Gasteiger partial charge in [0.25, 0.3) is 0 Å². The number of unbranched alkanes of at least 4 members (excludes halogenated alkanes) is 2. The fourth-order valence-corrected chi connectivity index (χ4v) is 7.02. The Morgan fingerprint density at radius 3 is 1.32 bits per heavy atom. The molecule has 2 atom stereocenters. The van der Waals surface area contributed by atoms with Crippen LogP contribution in [-0.2, 0) is 5.41 Å². The van der Waals surface area contributed by atoms with Gasteiger partial charge in [-0.2, -0.15) is 0 Å². The Bertz CT molecular complexity index is 1260. The van der Waals surface area contributed by atoms with E-state index in [4.69, 9.17) is 11.5 Å². The molecule has 0 heterocycles. The molecule has 1 fully saturated rings. The normalized spacial score (nSPS) is 20.4. The van der Waals surface area contributed by atoms with Crippen molar-refractivity contribution in [2.45, 2.75) is 89.4 Å². The molecule has 2 unspecified atom stereocenters. The number of nitrogens with two attached hydrogens (primary N) is 2. The molecule has 1 aliphatic rings. The highest BCUT2D eigenvalue weighted by Gasteiger charge is 2.38. The molecule has 5 rings (SSSR count). The number of benzene rings is 4. The summed E-state index contributed by atoms with van der Waals surface area (Å²) in [5.41, 5.74) is 21.8. The Morgan fingerprint density at radius 2 is 0.951 bits per heavy atom. The molecular formula is C39H48N2. The molecule has 214 valence electrons. The highest BCUT2D eigenvalue weighted by Crippen LogP contribution is 2.48. The van der Waals surface area contributed by atoms with Crippen LogP contribution in [0.5, 0.6) is 0 Å². The highest BCUT2D eigenvalue weighted by atomic mass is 14.5. The minimum absolute atomic E-state index is 0.0766. The van der Waals surface area contributed by atoms with Crippen LogP contribution < -0.4 is 11.5 Å². The van der Waals surface area contributed by atoms with Gasteiger partial charge in [-0.05, 0) is 89.2 Å². The number of rotatable bonds is 10. The molecule has 0 aromatic heterocycles. The van der Waals surface area contributed by atoms with Crippen LogP contribution >= 0.6 is 0 Å². The Balaban J connectivity index is 1.41. The van der Waals surface area contributed by atoms with Crippen molar-refractivity contribution in [1.82, 2.24) is 0 Å². The van der Waals surface area contributed by atoms with Crippen LogP contribution in [-0.4, -0.2) is 0 Å². The average Bonchev–Trinajstić information content (AvgIpc) is 3.02. The summed E-state index contributed by atoms with van der Waals surface area (Å²) in [4.78, 5) is 0. The molecule has 0 radical (unpaired) electrons. The first-order valence-corrected chi connectivity index (χ1v) is 15.8. The van der Waals surface area contributed by atoms with Gasteiger partial charge in [0.1, 0.15) is 0 Å². The van der Waals surface area contributed by atoms with Crippen molar-refractivity contribution in [3.05, 3.63) is 130 Å². The van der Waals surface area contributed by atoms with Gasteiger partial charge in [0.15, 0.2) is 0 Å². The zero-order chi connectivity index (χ0) is 28.8. The van der Waals surface area contributed by atoms with Gasteiger partial charge in [-0.3, -0.25) is 0 Å². The lowest BCUT2D eigenvalue weighted by molar-refractivity contribution is 0.250. The summed E-state index contributed by atoms with van der Waals surface area (Å²) in [5.74, 6) is 1.54. The van der Waals surface area contributed by atoms with Crippen LogP contribution in [0, 0.1) is 5.92 Å². The minimum Gasteiger partial charge on any atom is -0.399 e. The predicted molar refractivity (Wildman–Crippen MR) is 177 cm³/mol. The third kappa shape index (κ3) is 6.53. The second-order valence-electron chi connectivity index (χ2n) is 12.5. The van der Waals surface area contributed by atoms with E-state index >= 15 is 0 Å². The minimum atomic E-state index is 0.0766. The lowest BCUT2D eigenvalue weighted by Gasteiger charge is -2.42. The van der Waals surface area contributed by atoms with Crippen LogP contribution in [0.15, 0.2) is 97.1 Å². The standard InChI is InChI=1S/C39H48N2/c1-4-5-6-7-30-24-26-39(27-25-30,35-16-8-31(9-17-35)28(2)33-12-20-37(40)21-13-33)36-18-10-32(11-19-36)29(3)34-14-22-38(41)23-15-34/h8-23,28-30H,4-7,24-27,40-41H2,1-3H3. The van der Waals surface area contributed by atoms with Gasteiger partial charge in [0.05, 0.1) is 0 Å². The highest BCUT2D eigenvalue weighted by molar-refractivity contribution is 5.47. The summed E-state index contributed by atoms with van der Waals surface area (Å²) in [7, 11) is 0. The van der Waals surface area contributed by atoms with E-state index in [2.05, 4.69) is 93.6 Å². The maximum Gasteiger partial charge on any atom is 0.0314 e. The van der Waals surface area contributed by atoms with E-state index in [9.17, 15) is 0 Å². The van der Waals surface area contributed by atoms with Gasteiger partial charge >= 0.3 is 0 Å². The Hall–Kier alpha value is -3.52.